The minimum atomic E-state index is -0.871. The Morgan fingerprint density at radius 1 is 0.830 bits per heavy atom. The lowest BCUT2D eigenvalue weighted by Gasteiger charge is -2.37. The number of hydrogen-bond acceptors (Lipinski definition) is 6. The van der Waals surface area contributed by atoms with Crippen molar-refractivity contribution in [2.75, 3.05) is 20.1 Å². The molecule has 0 bridgehead atoms. The summed E-state index contributed by atoms with van der Waals surface area (Å²) < 4.78 is 11.3. The smallest absolute Gasteiger partial charge is 0.410 e. The normalized spacial score (nSPS) is 21.1. The van der Waals surface area contributed by atoms with Crippen LogP contribution in [0.4, 0.5) is 9.59 Å². The van der Waals surface area contributed by atoms with Crippen molar-refractivity contribution in [1.29, 1.82) is 0 Å². The zero-order valence-corrected chi connectivity index (χ0v) is 30.5. The maximum Gasteiger partial charge on any atom is 0.410 e. The van der Waals surface area contributed by atoms with Crippen molar-refractivity contribution in [2.24, 2.45) is 5.92 Å². The summed E-state index contributed by atoms with van der Waals surface area (Å²) in [6.45, 7) is 2.76. The van der Waals surface area contributed by atoms with Gasteiger partial charge in [-0.05, 0) is 54.9 Å². The molecule has 278 valence electrons. The number of hydrogen-bond donors (Lipinski definition) is 2. The van der Waals surface area contributed by atoms with Gasteiger partial charge in [-0.2, -0.15) is 0 Å². The van der Waals surface area contributed by atoms with Crippen LogP contribution in [0.25, 0.3) is 10.9 Å². The third-order valence-electron chi connectivity index (χ3n) is 11.5. The molecule has 3 heterocycles. The molecule has 7 rings (SSSR count). The summed E-state index contributed by atoms with van der Waals surface area (Å²) in [4.78, 5) is 63.9. The summed E-state index contributed by atoms with van der Waals surface area (Å²) in [6.07, 6.45) is 6.30. The zero-order chi connectivity index (χ0) is 36.9. The molecule has 1 saturated carbocycles. The van der Waals surface area contributed by atoms with E-state index >= 15 is 0 Å². The number of carbonyl (C=O) groups excluding carboxylic acids is 4. The summed E-state index contributed by atoms with van der Waals surface area (Å²) in [5, 5.41) is 4.17. The predicted octanol–water partition coefficient (Wildman–Crippen LogP) is 6.60. The molecule has 4 amide bonds. The van der Waals surface area contributed by atoms with Crippen LogP contribution in [0, 0.1) is 5.92 Å². The molecule has 11 nitrogen and oxygen atoms in total. The number of carbonyl (C=O) groups is 4. The molecular formula is C42H49N5O6. The standard InChI is InChI=1S/C42H49N5O6/c1-28(45(2)41(50)52-26-29-14-6-3-7-15-29)39(48)44-37(31-18-10-5-11-19-31)40(49)46-23-22-36-38(46)34(33-24-43-35-21-13-12-20-32(33)35)25-47(36)42(51)53-27-30-16-8-4-9-17-30/h3-4,6-9,12-17,20-21,24,28,31,34,36-38,43H,5,10-11,18-19,22-23,25-27H2,1-2H3,(H,44,48)/t28-,34-,36+,37-,38+/m0/s1. The van der Waals surface area contributed by atoms with Crippen molar-refractivity contribution in [1.82, 2.24) is 25.0 Å². The Bertz CT molecular complexity index is 1890. The molecule has 1 aliphatic carbocycles. The van der Waals surface area contributed by atoms with Crippen LogP contribution in [0.5, 0.6) is 0 Å². The number of benzene rings is 3. The Morgan fingerprint density at radius 3 is 2.17 bits per heavy atom. The molecule has 2 N–H and O–H groups in total. The van der Waals surface area contributed by atoms with Gasteiger partial charge in [0.25, 0.3) is 0 Å². The van der Waals surface area contributed by atoms with E-state index in [9.17, 15) is 19.2 Å². The molecule has 3 fully saturated rings. The van der Waals surface area contributed by atoms with E-state index in [1.165, 1.54) is 11.9 Å². The van der Waals surface area contributed by atoms with Crippen LogP contribution >= 0.6 is 0 Å². The van der Waals surface area contributed by atoms with E-state index in [-0.39, 0.29) is 43.0 Å². The van der Waals surface area contributed by atoms with E-state index < -0.39 is 30.2 Å². The summed E-state index contributed by atoms with van der Waals surface area (Å²) in [5.41, 5.74) is 3.80. The van der Waals surface area contributed by atoms with E-state index in [4.69, 9.17) is 9.47 Å². The average Bonchev–Trinajstić information content (AvgIpc) is 3.93. The number of nitrogens with zero attached hydrogens (tertiary/aromatic N) is 3. The summed E-state index contributed by atoms with van der Waals surface area (Å²) in [5.74, 6) is -0.751. The van der Waals surface area contributed by atoms with Gasteiger partial charge in [0, 0.05) is 43.2 Å². The number of fused-ring (bicyclic) bond motifs is 2. The van der Waals surface area contributed by atoms with Crippen LogP contribution in [0.2, 0.25) is 0 Å². The molecule has 1 aromatic heterocycles. The molecule has 3 aliphatic rings. The molecule has 4 aromatic rings. The Kier molecular flexibility index (Phi) is 11.0. The predicted molar refractivity (Wildman–Crippen MR) is 201 cm³/mol. The van der Waals surface area contributed by atoms with Crippen LogP contribution < -0.4 is 5.32 Å². The highest BCUT2D eigenvalue weighted by Crippen LogP contribution is 2.44. The summed E-state index contributed by atoms with van der Waals surface area (Å²) >= 11 is 0. The number of H-pyrrole nitrogens is 1. The number of aromatic amines is 1. The molecule has 11 heteroatoms. The molecule has 5 atom stereocenters. The van der Waals surface area contributed by atoms with Gasteiger partial charge in [0.1, 0.15) is 25.3 Å². The molecule has 2 aliphatic heterocycles. The molecule has 0 spiro atoms. The van der Waals surface area contributed by atoms with Gasteiger partial charge in [0.2, 0.25) is 11.8 Å². The van der Waals surface area contributed by atoms with Crippen molar-refractivity contribution in [3.05, 3.63) is 108 Å². The van der Waals surface area contributed by atoms with Gasteiger partial charge < -0.3 is 29.6 Å². The van der Waals surface area contributed by atoms with Crippen LogP contribution in [0.3, 0.4) is 0 Å². The van der Waals surface area contributed by atoms with E-state index in [0.29, 0.717) is 19.5 Å². The summed E-state index contributed by atoms with van der Waals surface area (Å²) in [7, 11) is 1.54. The highest BCUT2D eigenvalue weighted by Gasteiger charge is 2.54. The van der Waals surface area contributed by atoms with Crippen molar-refractivity contribution < 1.29 is 28.7 Å². The third kappa shape index (κ3) is 7.75. The average molecular weight is 720 g/mol. The van der Waals surface area contributed by atoms with Crippen LogP contribution in [-0.4, -0.2) is 88.0 Å². The minimum Gasteiger partial charge on any atom is -0.445 e. The number of amides is 4. The molecule has 53 heavy (non-hydrogen) atoms. The first-order chi connectivity index (χ1) is 25.8. The second kappa shape index (κ2) is 16.1. The number of likely N-dealkylation sites (N-methyl/N-ethyl adjacent to an activating group) is 1. The number of likely N-dealkylation sites (tertiary alicyclic amines) is 2. The Balaban J connectivity index is 1.11. The summed E-state index contributed by atoms with van der Waals surface area (Å²) in [6, 6.07) is 24.9. The highest BCUT2D eigenvalue weighted by molar-refractivity contribution is 5.92. The number of aromatic nitrogens is 1. The number of rotatable bonds is 10. The number of nitrogens with one attached hydrogen (secondary N) is 2. The van der Waals surface area contributed by atoms with Gasteiger partial charge in [-0.1, -0.05) is 98.1 Å². The first-order valence-corrected chi connectivity index (χ1v) is 18.9. The van der Waals surface area contributed by atoms with Gasteiger partial charge in [-0.3, -0.25) is 14.5 Å². The molecule has 0 radical (unpaired) electrons. The van der Waals surface area contributed by atoms with Crippen LogP contribution in [0.1, 0.15) is 68.1 Å². The van der Waals surface area contributed by atoms with E-state index in [0.717, 1.165) is 59.7 Å². The highest BCUT2D eigenvalue weighted by atomic mass is 16.6. The van der Waals surface area contributed by atoms with Crippen LogP contribution in [-0.2, 0) is 32.3 Å². The molecule has 3 aromatic carbocycles. The lowest BCUT2D eigenvalue weighted by Crippen LogP contribution is -2.58. The van der Waals surface area contributed by atoms with E-state index in [2.05, 4.69) is 16.4 Å². The largest absolute Gasteiger partial charge is 0.445 e. The monoisotopic (exact) mass is 719 g/mol. The lowest BCUT2D eigenvalue weighted by molar-refractivity contribution is -0.140. The molecule has 2 saturated heterocycles. The first-order valence-electron chi connectivity index (χ1n) is 18.9. The SMILES string of the molecule is C[C@@H](C(=O)N[C@H](C(=O)N1CC[C@@H]2[C@H]1[C@H](c1c[nH]c3ccccc13)CN2C(=O)OCc1ccccc1)C1CCCCC1)N(C)C(=O)OCc1ccccc1. The van der Waals surface area contributed by atoms with Gasteiger partial charge in [0.05, 0.1) is 12.1 Å². The van der Waals surface area contributed by atoms with Crippen molar-refractivity contribution in [3.8, 4) is 0 Å². The van der Waals surface area contributed by atoms with Crippen LogP contribution in [0.15, 0.2) is 91.1 Å². The fourth-order valence-electron chi connectivity index (χ4n) is 8.49. The van der Waals surface area contributed by atoms with Gasteiger partial charge >= 0.3 is 12.2 Å². The Labute approximate surface area is 310 Å². The van der Waals surface area contributed by atoms with Gasteiger partial charge in [-0.15, -0.1) is 0 Å². The number of para-hydroxylation sites is 1. The van der Waals surface area contributed by atoms with E-state index in [1.807, 2.05) is 90.0 Å². The quantitative estimate of drug-likeness (QED) is 0.191. The topological polar surface area (TPSA) is 124 Å². The number of ether oxygens (including phenoxy) is 2. The maximum atomic E-state index is 14.9. The Hall–Kier alpha value is -5.32. The van der Waals surface area contributed by atoms with Crippen molar-refractivity contribution in [2.45, 2.75) is 88.7 Å². The van der Waals surface area contributed by atoms with Crippen molar-refractivity contribution >= 4 is 34.9 Å². The second-order valence-electron chi connectivity index (χ2n) is 14.7. The fraction of sp³-hybridized carbons (Fsp3) is 0.429. The first kappa shape index (κ1) is 36.1. The van der Waals surface area contributed by atoms with Crippen molar-refractivity contribution in [3.63, 3.8) is 0 Å². The Morgan fingerprint density at radius 2 is 1.47 bits per heavy atom. The minimum absolute atomic E-state index is 0.0401. The lowest BCUT2D eigenvalue weighted by atomic mass is 9.82. The second-order valence-corrected chi connectivity index (χ2v) is 14.7. The zero-order valence-electron chi connectivity index (χ0n) is 30.5. The molecule has 0 unspecified atom stereocenters. The van der Waals surface area contributed by atoms with Gasteiger partial charge in [-0.25, -0.2) is 9.59 Å². The van der Waals surface area contributed by atoms with E-state index in [1.54, 1.807) is 11.8 Å². The van der Waals surface area contributed by atoms with Gasteiger partial charge in [0.15, 0.2) is 0 Å². The third-order valence-corrected chi connectivity index (χ3v) is 11.5. The maximum absolute atomic E-state index is 14.9. The molecular weight excluding hydrogens is 670 g/mol. The fourth-order valence-corrected chi connectivity index (χ4v) is 8.49.